The summed E-state index contributed by atoms with van der Waals surface area (Å²) in [6, 6.07) is 1.94. The molecule has 0 spiro atoms. The lowest BCUT2D eigenvalue weighted by Gasteiger charge is -2.13. The minimum Gasteiger partial charge on any atom is -0.498 e. The number of alkyl halides is 1. The van der Waals surface area contributed by atoms with Gasteiger partial charge >= 0.3 is 0 Å². The van der Waals surface area contributed by atoms with Crippen molar-refractivity contribution in [2.45, 2.75) is 31.6 Å². The van der Waals surface area contributed by atoms with Gasteiger partial charge < -0.3 is 14.2 Å². The first-order valence-electron chi connectivity index (χ1n) is 5.55. The van der Waals surface area contributed by atoms with E-state index in [4.69, 9.17) is 20.9 Å². The normalized spacial score (nSPS) is 20.6. The molecule has 0 aromatic carbocycles. The molecule has 17 heavy (non-hydrogen) atoms. The van der Waals surface area contributed by atoms with Crippen molar-refractivity contribution in [3.05, 3.63) is 23.8 Å². The molecule has 1 aliphatic rings. The van der Waals surface area contributed by atoms with E-state index in [-0.39, 0.29) is 10.8 Å². The highest BCUT2D eigenvalue weighted by atomic mass is 35.5. The smallest absolute Gasteiger partial charge is 0.176 e. The molecule has 0 saturated carbocycles. The number of aromatic nitrogens is 1. The lowest BCUT2D eigenvalue weighted by atomic mass is 9.93. The zero-order valence-electron chi connectivity index (χ0n) is 10.5. The third-order valence-corrected chi connectivity index (χ3v) is 3.07. The lowest BCUT2D eigenvalue weighted by molar-refractivity contribution is 0.286. The minimum atomic E-state index is -0.130. The van der Waals surface area contributed by atoms with E-state index in [1.165, 1.54) is 0 Å². The average Bonchev–Trinajstić information content (AvgIpc) is 2.82. The van der Waals surface area contributed by atoms with Gasteiger partial charge in [0.1, 0.15) is 16.9 Å². The molecule has 0 amide bonds. The maximum atomic E-state index is 6.13. The highest BCUT2D eigenvalue weighted by molar-refractivity contribution is 6.22. The number of halogens is 1. The van der Waals surface area contributed by atoms with Crippen LogP contribution in [-0.4, -0.2) is 24.2 Å². The maximum Gasteiger partial charge on any atom is 0.176 e. The van der Waals surface area contributed by atoms with E-state index in [0.717, 1.165) is 17.3 Å². The average molecular weight is 257 g/mol. The Morgan fingerprint density at radius 1 is 1.53 bits per heavy atom. The van der Waals surface area contributed by atoms with Gasteiger partial charge in [0.25, 0.3) is 0 Å². The van der Waals surface area contributed by atoms with E-state index in [9.17, 15) is 0 Å². The van der Waals surface area contributed by atoms with Crippen LogP contribution in [0.4, 0.5) is 5.82 Å². The van der Waals surface area contributed by atoms with Crippen LogP contribution in [0.5, 0.6) is 0 Å². The Labute approximate surface area is 106 Å². The van der Waals surface area contributed by atoms with Crippen molar-refractivity contribution in [2.24, 2.45) is 0 Å². The molecule has 1 unspecified atom stereocenters. The Bertz CT molecular complexity index is 434. The van der Waals surface area contributed by atoms with Gasteiger partial charge in [-0.1, -0.05) is 25.9 Å². The molecule has 0 bridgehead atoms. The van der Waals surface area contributed by atoms with E-state index in [1.54, 1.807) is 7.11 Å². The number of hydrogen-bond donors (Lipinski definition) is 0. The molecule has 1 atom stereocenters. The van der Waals surface area contributed by atoms with Crippen LogP contribution in [0.15, 0.2) is 22.5 Å². The first-order chi connectivity index (χ1) is 7.91. The largest absolute Gasteiger partial charge is 0.498 e. The maximum absolute atomic E-state index is 6.13. The van der Waals surface area contributed by atoms with Gasteiger partial charge in [0.15, 0.2) is 5.82 Å². The third-order valence-electron chi connectivity index (χ3n) is 2.72. The van der Waals surface area contributed by atoms with Crippen LogP contribution >= 0.6 is 11.6 Å². The zero-order chi connectivity index (χ0) is 12.6. The summed E-state index contributed by atoms with van der Waals surface area (Å²) in [5, 5.41) is 3.93. The van der Waals surface area contributed by atoms with Gasteiger partial charge in [0, 0.05) is 24.2 Å². The molecule has 0 aliphatic carbocycles. The number of anilines is 1. The summed E-state index contributed by atoms with van der Waals surface area (Å²) in [5.74, 6) is 2.39. The van der Waals surface area contributed by atoms with Crippen LogP contribution in [0.1, 0.15) is 26.5 Å². The minimum absolute atomic E-state index is 0.0425. The third kappa shape index (κ3) is 2.41. The molecule has 2 heterocycles. The molecular formula is C12H17ClN2O2. The molecule has 1 aliphatic heterocycles. The van der Waals surface area contributed by atoms with Gasteiger partial charge in [-0.15, -0.1) is 11.6 Å². The molecule has 0 fully saturated rings. The second-order valence-electron chi connectivity index (χ2n) is 5.15. The predicted octanol–water partition coefficient (Wildman–Crippen LogP) is 2.89. The van der Waals surface area contributed by atoms with Gasteiger partial charge in [-0.3, -0.25) is 0 Å². The van der Waals surface area contributed by atoms with Crippen molar-refractivity contribution < 1.29 is 9.26 Å². The molecule has 0 N–H and O–H groups in total. The van der Waals surface area contributed by atoms with Crippen molar-refractivity contribution in [2.75, 3.05) is 18.6 Å². The summed E-state index contributed by atoms with van der Waals surface area (Å²) in [5.41, 5.74) is -0.0425. The van der Waals surface area contributed by atoms with Crippen LogP contribution in [0, 0.1) is 0 Å². The lowest BCUT2D eigenvalue weighted by Crippen LogP contribution is -2.18. The van der Waals surface area contributed by atoms with Gasteiger partial charge in [-0.2, -0.15) is 0 Å². The first-order valence-corrected chi connectivity index (χ1v) is 5.99. The number of methoxy groups -OCH3 is 1. The molecule has 4 nitrogen and oxygen atoms in total. The number of rotatable bonds is 2. The van der Waals surface area contributed by atoms with Crippen molar-refractivity contribution >= 4 is 17.4 Å². The molecule has 2 rings (SSSR count). The number of hydrogen-bond acceptors (Lipinski definition) is 4. The molecule has 0 radical (unpaired) electrons. The Kier molecular flexibility index (Phi) is 3.08. The Balaban J connectivity index is 2.20. The van der Waals surface area contributed by atoms with Crippen LogP contribution in [0.3, 0.4) is 0 Å². The van der Waals surface area contributed by atoms with Gasteiger partial charge in [0.05, 0.1) is 7.11 Å². The Morgan fingerprint density at radius 2 is 2.24 bits per heavy atom. The van der Waals surface area contributed by atoms with Crippen molar-refractivity contribution in [3.8, 4) is 0 Å². The number of ether oxygens (including phenoxy) is 1. The number of nitrogens with zero attached hydrogens (tertiary/aromatic N) is 2. The highest BCUT2D eigenvalue weighted by Crippen LogP contribution is 2.30. The summed E-state index contributed by atoms with van der Waals surface area (Å²) in [6.07, 6.45) is 1.86. The Hall–Kier alpha value is -1.16. The van der Waals surface area contributed by atoms with E-state index in [0.29, 0.717) is 6.54 Å². The van der Waals surface area contributed by atoms with Gasteiger partial charge in [-0.25, -0.2) is 0 Å². The van der Waals surface area contributed by atoms with Gasteiger partial charge in [-0.05, 0) is 0 Å². The van der Waals surface area contributed by atoms with E-state index in [1.807, 2.05) is 17.2 Å². The summed E-state index contributed by atoms with van der Waals surface area (Å²) in [7, 11) is 1.62. The molecule has 0 saturated heterocycles. The van der Waals surface area contributed by atoms with Crippen molar-refractivity contribution in [3.63, 3.8) is 0 Å². The van der Waals surface area contributed by atoms with Crippen LogP contribution < -0.4 is 4.90 Å². The summed E-state index contributed by atoms with van der Waals surface area (Å²) >= 11 is 6.13. The van der Waals surface area contributed by atoms with Crippen LogP contribution in [0.25, 0.3) is 0 Å². The van der Waals surface area contributed by atoms with Gasteiger partial charge in [0.2, 0.25) is 0 Å². The fourth-order valence-electron chi connectivity index (χ4n) is 1.64. The second-order valence-corrected chi connectivity index (χ2v) is 5.68. The van der Waals surface area contributed by atoms with Crippen molar-refractivity contribution in [1.82, 2.24) is 5.16 Å². The van der Waals surface area contributed by atoms with E-state index in [2.05, 4.69) is 25.9 Å². The molecule has 1 aromatic rings. The zero-order valence-corrected chi connectivity index (χ0v) is 11.3. The molecular weight excluding hydrogens is 240 g/mol. The summed E-state index contributed by atoms with van der Waals surface area (Å²) in [6.45, 7) is 6.91. The molecule has 1 aromatic heterocycles. The fraction of sp³-hybridized carbons (Fsp3) is 0.583. The fourth-order valence-corrected chi connectivity index (χ4v) is 1.94. The second kappa shape index (κ2) is 4.26. The van der Waals surface area contributed by atoms with E-state index >= 15 is 0 Å². The predicted molar refractivity (Wildman–Crippen MR) is 67.3 cm³/mol. The summed E-state index contributed by atoms with van der Waals surface area (Å²) < 4.78 is 10.5. The van der Waals surface area contributed by atoms with E-state index < -0.39 is 0 Å². The topological polar surface area (TPSA) is 38.5 Å². The first kappa shape index (κ1) is 12.3. The molecule has 94 valence electrons. The SMILES string of the molecule is COC1=CN(c2cc(C(C)(C)C)on2)CC1Cl. The monoisotopic (exact) mass is 256 g/mol. The van der Waals surface area contributed by atoms with Crippen molar-refractivity contribution in [1.29, 1.82) is 0 Å². The Morgan fingerprint density at radius 3 is 2.71 bits per heavy atom. The van der Waals surface area contributed by atoms with Crippen LogP contribution in [0.2, 0.25) is 0 Å². The van der Waals surface area contributed by atoms with Crippen LogP contribution in [-0.2, 0) is 10.2 Å². The highest BCUT2D eigenvalue weighted by Gasteiger charge is 2.27. The standard InChI is InChI=1S/C12H17ClN2O2/c1-12(2,3)10-5-11(14-17-10)15-6-8(13)9(7-15)16-4/h5,7-8H,6H2,1-4H3. The quantitative estimate of drug-likeness (QED) is 0.763. The molecule has 5 heteroatoms. The summed E-state index contributed by atoms with van der Waals surface area (Å²) in [4.78, 5) is 1.94.